The highest BCUT2D eigenvalue weighted by Crippen LogP contribution is 2.28. The number of aromatic carboxylic acids is 1. The Labute approximate surface area is 167 Å². The van der Waals surface area contributed by atoms with E-state index in [2.05, 4.69) is 5.10 Å². The maximum Gasteiger partial charge on any atom is 0.339 e. The summed E-state index contributed by atoms with van der Waals surface area (Å²) in [5.74, 6) is -0.0277. The zero-order valence-corrected chi connectivity index (χ0v) is 15.9. The molecule has 1 saturated heterocycles. The van der Waals surface area contributed by atoms with E-state index in [1.165, 1.54) is 6.20 Å². The van der Waals surface area contributed by atoms with Crippen LogP contribution in [0.4, 0.5) is 0 Å². The average molecular weight is 395 g/mol. The minimum absolute atomic E-state index is 0.0701. The number of carboxylic acids is 1. The Morgan fingerprint density at radius 2 is 1.86 bits per heavy atom. The molecule has 1 aliphatic heterocycles. The largest absolute Gasteiger partial charge is 0.478 e. The molecule has 150 valence electrons. The number of amides is 1. The number of aromatic nitrogens is 2. The molecule has 0 saturated carbocycles. The van der Waals surface area contributed by atoms with Crippen LogP contribution in [0.15, 0.2) is 53.1 Å². The number of benzene rings is 1. The fraction of sp³-hybridized carbons (Fsp3) is 0.286. The minimum Gasteiger partial charge on any atom is -0.478 e. The Bertz CT molecular complexity index is 1020. The fourth-order valence-corrected chi connectivity index (χ4v) is 3.57. The van der Waals surface area contributed by atoms with Gasteiger partial charge in [0, 0.05) is 19.2 Å². The van der Waals surface area contributed by atoms with E-state index in [1.54, 1.807) is 28.6 Å². The third-order valence-electron chi connectivity index (χ3n) is 5.13. The summed E-state index contributed by atoms with van der Waals surface area (Å²) in [6, 6.07) is 12.5. The lowest BCUT2D eigenvalue weighted by Gasteiger charge is -2.32. The van der Waals surface area contributed by atoms with Crippen LogP contribution in [-0.2, 0) is 0 Å². The number of carboxylic acid groups (broad SMARTS) is 1. The van der Waals surface area contributed by atoms with Crippen LogP contribution in [0, 0.1) is 6.92 Å². The van der Waals surface area contributed by atoms with Crippen LogP contribution >= 0.6 is 0 Å². The molecule has 3 aromatic rings. The summed E-state index contributed by atoms with van der Waals surface area (Å²) in [6.45, 7) is 2.84. The summed E-state index contributed by atoms with van der Waals surface area (Å²) >= 11 is 0. The van der Waals surface area contributed by atoms with E-state index in [0.29, 0.717) is 37.4 Å². The summed E-state index contributed by atoms with van der Waals surface area (Å²) < 4.78 is 12.9. The summed E-state index contributed by atoms with van der Waals surface area (Å²) in [4.78, 5) is 25.7. The van der Waals surface area contributed by atoms with Gasteiger partial charge < -0.3 is 19.2 Å². The Kier molecular flexibility index (Phi) is 5.07. The Morgan fingerprint density at radius 3 is 2.52 bits per heavy atom. The number of piperidine rings is 1. The van der Waals surface area contributed by atoms with Gasteiger partial charge in [-0.25, -0.2) is 4.79 Å². The quantitative estimate of drug-likeness (QED) is 0.706. The maximum absolute atomic E-state index is 12.7. The highest BCUT2D eigenvalue weighted by atomic mass is 16.6. The molecule has 4 rings (SSSR count). The molecule has 0 spiro atoms. The number of likely N-dealkylation sites (tertiary alicyclic amines) is 1. The number of carbonyl (C=O) groups excluding carboxylic acids is 1. The first kappa shape index (κ1) is 18.8. The van der Waals surface area contributed by atoms with Crippen molar-refractivity contribution in [3.8, 4) is 11.7 Å². The van der Waals surface area contributed by atoms with E-state index >= 15 is 0 Å². The molecule has 1 aromatic carbocycles. The highest BCUT2D eigenvalue weighted by molar-refractivity contribution is 5.91. The minimum atomic E-state index is -0.979. The van der Waals surface area contributed by atoms with Crippen molar-refractivity contribution in [2.24, 2.45) is 0 Å². The lowest BCUT2D eigenvalue weighted by molar-refractivity contribution is 0.0652. The average Bonchev–Trinajstić information content (AvgIpc) is 3.35. The topological polar surface area (TPSA) is 97.8 Å². The number of rotatable bonds is 5. The van der Waals surface area contributed by atoms with E-state index in [0.717, 1.165) is 0 Å². The monoisotopic (exact) mass is 395 g/mol. The number of nitrogens with zero attached hydrogens (tertiary/aromatic N) is 3. The number of furan rings is 1. The van der Waals surface area contributed by atoms with Gasteiger partial charge in [0.1, 0.15) is 11.3 Å². The number of ether oxygens (including phenoxy) is 1. The van der Waals surface area contributed by atoms with Crippen molar-refractivity contribution >= 4 is 11.9 Å². The van der Waals surface area contributed by atoms with Crippen LogP contribution in [0.5, 0.6) is 11.7 Å². The molecule has 0 aliphatic carbocycles. The van der Waals surface area contributed by atoms with Crippen molar-refractivity contribution in [3.05, 3.63) is 65.7 Å². The first-order chi connectivity index (χ1) is 14.0. The first-order valence-electron chi connectivity index (χ1n) is 9.42. The smallest absolute Gasteiger partial charge is 0.339 e. The zero-order valence-electron chi connectivity index (χ0n) is 15.9. The lowest BCUT2D eigenvalue weighted by atomic mass is 10.0. The van der Waals surface area contributed by atoms with Crippen molar-refractivity contribution in [2.45, 2.75) is 25.8 Å². The van der Waals surface area contributed by atoms with Crippen LogP contribution in [0.25, 0.3) is 0 Å². The fourth-order valence-electron chi connectivity index (χ4n) is 3.57. The molecule has 1 N–H and O–H groups in total. The summed E-state index contributed by atoms with van der Waals surface area (Å²) in [5, 5.41) is 13.4. The van der Waals surface area contributed by atoms with Gasteiger partial charge in [-0.2, -0.15) is 5.10 Å². The van der Waals surface area contributed by atoms with Crippen molar-refractivity contribution < 1.29 is 23.8 Å². The molecule has 8 heteroatoms. The first-order valence-corrected chi connectivity index (χ1v) is 9.42. The Morgan fingerprint density at radius 1 is 1.14 bits per heavy atom. The molecule has 8 nitrogen and oxygen atoms in total. The molecule has 1 amide bonds. The molecule has 0 radical (unpaired) electrons. The van der Waals surface area contributed by atoms with Crippen LogP contribution in [0.2, 0.25) is 0 Å². The number of hydrogen-bond donors (Lipinski definition) is 1. The van der Waals surface area contributed by atoms with E-state index < -0.39 is 5.97 Å². The Balaban J connectivity index is 1.38. The van der Waals surface area contributed by atoms with Gasteiger partial charge in [0.2, 0.25) is 0 Å². The van der Waals surface area contributed by atoms with E-state index in [4.69, 9.17) is 9.15 Å². The second kappa shape index (κ2) is 7.83. The van der Waals surface area contributed by atoms with Crippen molar-refractivity contribution in [3.63, 3.8) is 0 Å². The van der Waals surface area contributed by atoms with E-state index in [-0.39, 0.29) is 29.2 Å². The second-order valence-electron chi connectivity index (χ2n) is 6.95. The molecule has 0 atom stereocenters. The van der Waals surface area contributed by atoms with Crippen LogP contribution in [0.3, 0.4) is 0 Å². The standard InChI is InChI=1S/C21H21N3O5/c1-14-17(21(26)27)13-22-24(14)15-9-11-23(12-10-15)20(25)18-7-8-19(29-18)28-16-5-3-2-4-6-16/h2-8,13,15H,9-12H2,1H3,(H,26,27). The van der Waals surface area contributed by atoms with Crippen molar-refractivity contribution in [1.29, 1.82) is 0 Å². The molecule has 1 aliphatic rings. The van der Waals surface area contributed by atoms with Gasteiger partial charge >= 0.3 is 5.97 Å². The molecule has 29 heavy (non-hydrogen) atoms. The summed E-state index contributed by atoms with van der Waals surface area (Å²) in [5.41, 5.74) is 0.848. The second-order valence-corrected chi connectivity index (χ2v) is 6.95. The van der Waals surface area contributed by atoms with Crippen LogP contribution in [-0.4, -0.2) is 44.8 Å². The van der Waals surface area contributed by atoms with Gasteiger partial charge in [0.25, 0.3) is 11.9 Å². The van der Waals surface area contributed by atoms with Gasteiger partial charge in [0.15, 0.2) is 5.76 Å². The van der Waals surface area contributed by atoms with E-state index in [9.17, 15) is 14.7 Å². The van der Waals surface area contributed by atoms with Crippen molar-refractivity contribution in [2.75, 3.05) is 13.1 Å². The maximum atomic E-state index is 12.7. The molecular formula is C21H21N3O5. The van der Waals surface area contributed by atoms with Crippen molar-refractivity contribution in [1.82, 2.24) is 14.7 Å². The SMILES string of the molecule is Cc1c(C(=O)O)cnn1C1CCN(C(=O)c2ccc(Oc3ccccc3)o2)CC1. The molecule has 2 aromatic heterocycles. The van der Waals surface area contributed by atoms with Gasteiger partial charge in [-0.3, -0.25) is 9.48 Å². The molecule has 0 unspecified atom stereocenters. The third kappa shape index (κ3) is 3.87. The van der Waals surface area contributed by atoms with Gasteiger partial charge in [-0.15, -0.1) is 0 Å². The van der Waals surface area contributed by atoms with Crippen LogP contribution < -0.4 is 4.74 Å². The Hall–Kier alpha value is -3.55. The number of para-hydroxylation sites is 1. The number of carbonyl (C=O) groups is 2. The zero-order chi connectivity index (χ0) is 20.4. The summed E-state index contributed by atoms with van der Waals surface area (Å²) in [6.07, 6.45) is 2.77. The highest BCUT2D eigenvalue weighted by Gasteiger charge is 2.28. The molecule has 3 heterocycles. The lowest BCUT2D eigenvalue weighted by Crippen LogP contribution is -2.39. The van der Waals surface area contributed by atoms with Gasteiger partial charge in [-0.05, 0) is 38.0 Å². The molecule has 1 fully saturated rings. The van der Waals surface area contributed by atoms with E-state index in [1.807, 2.05) is 30.3 Å². The van der Waals surface area contributed by atoms with Gasteiger partial charge in [0.05, 0.1) is 17.9 Å². The number of hydrogen-bond acceptors (Lipinski definition) is 5. The predicted octanol–water partition coefficient (Wildman–Crippen LogP) is 3.75. The third-order valence-corrected chi connectivity index (χ3v) is 5.13. The van der Waals surface area contributed by atoms with Crippen LogP contribution in [0.1, 0.15) is 45.5 Å². The molecular weight excluding hydrogens is 374 g/mol. The predicted molar refractivity (Wildman–Crippen MR) is 103 cm³/mol. The summed E-state index contributed by atoms with van der Waals surface area (Å²) in [7, 11) is 0. The molecule has 0 bridgehead atoms. The normalized spacial score (nSPS) is 14.7. The van der Waals surface area contributed by atoms with Gasteiger partial charge in [-0.1, -0.05) is 18.2 Å².